The third-order valence-electron chi connectivity index (χ3n) is 6.45. The highest BCUT2D eigenvalue weighted by atomic mass is 35.5. The molecule has 4 nitrogen and oxygen atoms in total. The Morgan fingerprint density at radius 3 is 1.56 bits per heavy atom. The van der Waals surface area contributed by atoms with E-state index in [0.29, 0.717) is 39.6 Å². The van der Waals surface area contributed by atoms with Crippen molar-refractivity contribution in [3.05, 3.63) is 52.8 Å². The van der Waals surface area contributed by atoms with Crippen molar-refractivity contribution in [2.24, 2.45) is 5.41 Å². The van der Waals surface area contributed by atoms with E-state index in [1.807, 2.05) is 0 Å². The van der Waals surface area contributed by atoms with Gasteiger partial charge in [0.2, 0.25) is 0 Å². The molecule has 1 heterocycles. The quantitative estimate of drug-likeness (QED) is 0.105. The molecule has 0 radical (unpaired) electrons. The zero-order valence-corrected chi connectivity index (χ0v) is 27.3. The second kappa shape index (κ2) is 15.5. The molecule has 1 aliphatic rings. The number of benzene rings is 2. The summed E-state index contributed by atoms with van der Waals surface area (Å²) >= 11 is 53.0. The molecule has 3 rings (SSSR count). The lowest BCUT2D eigenvalue weighted by atomic mass is 9.84. The van der Waals surface area contributed by atoms with Gasteiger partial charge < -0.3 is 18.9 Å². The summed E-state index contributed by atoms with van der Waals surface area (Å²) in [5.41, 5.74) is 0.248. The number of rotatable bonds is 15. The molecule has 2 aromatic rings. The Balaban J connectivity index is 1.81. The predicted octanol–water partition coefficient (Wildman–Crippen LogP) is 11.5. The fourth-order valence-electron chi connectivity index (χ4n) is 3.92. The highest BCUT2D eigenvalue weighted by Crippen LogP contribution is 2.57. The molecule has 0 bridgehead atoms. The monoisotopic (exact) mass is 696 g/mol. The van der Waals surface area contributed by atoms with Gasteiger partial charge in [0, 0.05) is 17.7 Å². The minimum atomic E-state index is -0.117. The first-order valence-corrected chi connectivity index (χ1v) is 15.4. The second-order valence-electron chi connectivity index (χ2n) is 9.18. The second-order valence-corrected chi connectivity index (χ2v) is 12.2. The summed E-state index contributed by atoms with van der Waals surface area (Å²) in [6.45, 7) is 8.80. The zero-order chi connectivity index (χ0) is 28.7. The van der Waals surface area contributed by atoms with Gasteiger partial charge in [-0.25, -0.2) is 0 Å². The predicted molar refractivity (Wildman–Crippen MR) is 166 cm³/mol. The van der Waals surface area contributed by atoms with Crippen LogP contribution >= 0.6 is 92.8 Å². The van der Waals surface area contributed by atoms with Crippen LogP contribution < -0.4 is 9.47 Å². The minimum Gasteiger partial charge on any atom is -0.490 e. The number of hydrogen-bond acceptors (Lipinski definition) is 4. The Bertz CT molecular complexity index is 1120. The van der Waals surface area contributed by atoms with Crippen LogP contribution in [0.5, 0.6) is 11.5 Å². The highest BCUT2D eigenvalue weighted by molar-refractivity contribution is 6.55. The van der Waals surface area contributed by atoms with Gasteiger partial charge in [0.1, 0.15) is 20.1 Å². The summed E-state index contributed by atoms with van der Waals surface area (Å²) in [6.07, 6.45) is 6.26. The van der Waals surface area contributed by atoms with E-state index in [4.69, 9.17) is 112 Å². The SMILES string of the molecule is C=CCOCCCCCCOc1c(Cl)c(Cl)c(-c2c(Cl)c(Cl)c(OCC3(CC)COC3)c(Cl)c2Cl)c(Cl)c1Cl. The molecule has 1 fully saturated rings. The van der Waals surface area contributed by atoms with Crippen LogP contribution in [0, 0.1) is 5.41 Å². The fourth-order valence-corrected chi connectivity index (χ4v) is 6.19. The van der Waals surface area contributed by atoms with E-state index in [0.717, 1.165) is 32.1 Å². The van der Waals surface area contributed by atoms with Gasteiger partial charge in [-0.05, 0) is 25.7 Å². The van der Waals surface area contributed by atoms with Crippen molar-refractivity contribution in [2.45, 2.75) is 39.0 Å². The highest BCUT2D eigenvalue weighted by Gasteiger charge is 2.38. The van der Waals surface area contributed by atoms with E-state index < -0.39 is 0 Å². The van der Waals surface area contributed by atoms with E-state index in [2.05, 4.69) is 13.5 Å². The van der Waals surface area contributed by atoms with Crippen LogP contribution in [0.15, 0.2) is 12.7 Å². The molecular formula is C27H28Cl8O4. The molecule has 12 heteroatoms. The molecular weight excluding hydrogens is 672 g/mol. The van der Waals surface area contributed by atoms with Crippen LogP contribution in [0.1, 0.15) is 39.0 Å². The van der Waals surface area contributed by atoms with Gasteiger partial charge in [-0.15, -0.1) is 6.58 Å². The third kappa shape index (κ3) is 7.70. The number of halogens is 8. The Morgan fingerprint density at radius 1 is 0.692 bits per heavy atom. The lowest BCUT2D eigenvalue weighted by molar-refractivity contribution is -0.133. The van der Waals surface area contributed by atoms with Gasteiger partial charge in [-0.3, -0.25) is 0 Å². The fraction of sp³-hybridized carbons (Fsp3) is 0.481. The number of ether oxygens (including phenoxy) is 4. The summed E-state index contributed by atoms with van der Waals surface area (Å²) in [7, 11) is 0. The molecule has 1 aliphatic heterocycles. The molecule has 0 atom stereocenters. The lowest BCUT2D eigenvalue weighted by Crippen LogP contribution is -2.46. The smallest absolute Gasteiger partial charge is 0.159 e. The average molecular weight is 700 g/mol. The summed E-state index contributed by atoms with van der Waals surface area (Å²) in [6, 6.07) is 0. The molecule has 0 spiro atoms. The van der Waals surface area contributed by atoms with Crippen LogP contribution in [0.2, 0.25) is 40.2 Å². The van der Waals surface area contributed by atoms with Crippen molar-refractivity contribution in [2.75, 3.05) is 39.6 Å². The standard InChI is InChI=1S/C27H28Cl8O4/c1-3-9-36-10-7-5-6-8-11-38-25-21(32)17(28)15(18(29)22(25)33)16-19(30)23(34)26(24(35)20(16)31)39-14-27(4-2)12-37-13-27/h3H,1,4-14H2,2H3. The lowest BCUT2D eigenvalue weighted by Gasteiger charge is -2.40. The maximum atomic E-state index is 6.67. The first kappa shape index (κ1) is 33.5. The van der Waals surface area contributed by atoms with E-state index in [1.54, 1.807) is 6.08 Å². The Labute approximate surface area is 269 Å². The van der Waals surface area contributed by atoms with E-state index in [1.165, 1.54) is 0 Å². The van der Waals surface area contributed by atoms with Gasteiger partial charge in [0.25, 0.3) is 0 Å². The zero-order valence-electron chi connectivity index (χ0n) is 21.2. The summed E-state index contributed by atoms with van der Waals surface area (Å²) in [5, 5.41) is 0.408. The van der Waals surface area contributed by atoms with E-state index >= 15 is 0 Å². The molecule has 0 N–H and O–H groups in total. The van der Waals surface area contributed by atoms with Crippen LogP contribution in [0.25, 0.3) is 11.1 Å². The molecule has 1 saturated heterocycles. The summed E-state index contributed by atoms with van der Waals surface area (Å²) in [4.78, 5) is 0. The number of unbranched alkanes of at least 4 members (excludes halogenated alkanes) is 3. The Morgan fingerprint density at radius 2 is 1.15 bits per heavy atom. The van der Waals surface area contributed by atoms with Gasteiger partial charge in [0.15, 0.2) is 11.5 Å². The van der Waals surface area contributed by atoms with Crippen molar-refractivity contribution < 1.29 is 18.9 Å². The van der Waals surface area contributed by atoms with E-state index in [9.17, 15) is 0 Å². The first-order valence-electron chi connectivity index (χ1n) is 12.3. The van der Waals surface area contributed by atoms with Crippen molar-refractivity contribution in [1.29, 1.82) is 0 Å². The molecule has 0 amide bonds. The number of hydrogen-bond donors (Lipinski definition) is 0. The van der Waals surface area contributed by atoms with Crippen molar-refractivity contribution in [3.63, 3.8) is 0 Å². The maximum absolute atomic E-state index is 6.67. The molecule has 2 aromatic carbocycles. The van der Waals surface area contributed by atoms with Crippen LogP contribution in [-0.2, 0) is 9.47 Å². The van der Waals surface area contributed by atoms with Gasteiger partial charge >= 0.3 is 0 Å². The normalized spacial score (nSPS) is 14.3. The van der Waals surface area contributed by atoms with Crippen molar-refractivity contribution in [1.82, 2.24) is 0 Å². The topological polar surface area (TPSA) is 36.9 Å². The first-order chi connectivity index (χ1) is 18.6. The van der Waals surface area contributed by atoms with Crippen molar-refractivity contribution >= 4 is 92.8 Å². The van der Waals surface area contributed by atoms with Crippen LogP contribution in [-0.4, -0.2) is 39.6 Å². The van der Waals surface area contributed by atoms with Crippen LogP contribution in [0.4, 0.5) is 0 Å². The molecule has 216 valence electrons. The molecule has 39 heavy (non-hydrogen) atoms. The molecule has 0 aliphatic carbocycles. The molecule has 0 saturated carbocycles. The third-order valence-corrected chi connectivity index (χ3v) is 9.79. The van der Waals surface area contributed by atoms with Gasteiger partial charge in [0.05, 0.1) is 58.5 Å². The van der Waals surface area contributed by atoms with Gasteiger partial charge in [-0.1, -0.05) is 112 Å². The maximum Gasteiger partial charge on any atom is 0.159 e. The summed E-state index contributed by atoms with van der Waals surface area (Å²) < 4.78 is 22.6. The molecule has 0 unspecified atom stereocenters. The Hall–Kier alpha value is 0.0200. The van der Waals surface area contributed by atoms with Crippen molar-refractivity contribution in [3.8, 4) is 22.6 Å². The van der Waals surface area contributed by atoms with Gasteiger partial charge in [-0.2, -0.15) is 0 Å². The minimum absolute atomic E-state index is 0.0400. The summed E-state index contributed by atoms with van der Waals surface area (Å²) in [5.74, 6) is 0.330. The average Bonchev–Trinajstić information content (AvgIpc) is 2.90. The molecule has 0 aromatic heterocycles. The largest absolute Gasteiger partial charge is 0.490 e. The van der Waals surface area contributed by atoms with E-state index in [-0.39, 0.29) is 68.2 Å². The van der Waals surface area contributed by atoms with Crippen LogP contribution in [0.3, 0.4) is 0 Å². The Kier molecular flexibility index (Phi) is 13.3.